The summed E-state index contributed by atoms with van der Waals surface area (Å²) in [6.07, 6.45) is 1.41. The number of hydrogen-bond donors (Lipinski definition) is 1. The van der Waals surface area contributed by atoms with Crippen molar-refractivity contribution in [2.24, 2.45) is 5.10 Å². The molecule has 1 N–H and O–H groups in total. The molecule has 0 saturated carbocycles. The third-order valence-corrected chi connectivity index (χ3v) is 6.73. The summed E-state index contributed by atoms with van der Waals surface area (Å²) in [5, 5.41) is 3.98. The molecule has 0 aromatic heterocycles. The van der Waals surface area contributed by atoms with Crippen molar-refractivity contribution >= 4 is 27.8 Å². The summed E-state index contributed by atoms with van der Waals surface area (Å²) in [7, 11) is -0.933. The minimum atomic E-state index is -4.00. The standard InChI is InChI=1S/C25H27N3O5S/c1-18-12-19(2)14-21(13-18)28(34(30,31)23-8-6-5-7-9-23)17-25(29)27-26-16-20-15-22(32-3)10-11-24(20)33-4/h5-16H,17H2,1-4H3,(H,27,29)/b26-16-. The second-order valence-corrected chi connectivity index (χ2v) is 9.43. The number of carbonyl (C=O) groups excluding carboxylic acids is 1. The highest BCUT2D eigenvalue weighted by atomic mass is 32.2. The third kappa shape index (κ3) is 5.93. The van der Waals surface area contributed by atoms with Crippen LogP contribution in [0.4, 0.5) is 5.69 Å². The van der Waals surface area contributed by atoms with Gasteiger partial charge in [0.2, 0.25) is 0 Å². The first kappa shape index (κ1) is 24.8. The zero-order valence-corrected chi connectivity index (χ0v) is 20.3. The molecule has 0 atom stereocenters. The lowest BCUT2D eigenvalue weighted by Gasteiger charge is -2.24. The monoisotopic (exact) mass is 481 g/mol. The number of aryl methyl sites for hydroxylation is 2. The van der Waals surface area contributed by atoms with Gasteiger partial charge in [-0.15, -0.1) is 0 Å². The molecule has 0 fully saturated rings. The molecule has 3 aromatic carbocycles. The maximum Gasteiger partial charge on any atom is 0.264 e. The van der Waals surface area contributed by atoms with E-state index in [2.05, 4.69) is 10.5 Å². The molecule has 9 heteroatoms. The molecule has 0 heterocycles. The Morgan fingerprint density at radius 3 is 2.26 bits per heavy atom. The topological polar surface area (TPSA) is 97.3 Å². The molecule has 1 amide bonds. The number of sulfonamides is 1. The van der Waals surface area contributed by atoms with Gasteiger partial charge in [-0.05, 0) is 67.4 Å². The van der Waals surface area contributed by atoms with E-state index in [4.69, 9.17) is 9.47 Å². The minimum absolute atomic E-state index is 0.0894. The van der Waals surface area contributed by atoms with Crippen molar-refractivity contribution in [2.75, 3.05) is 25.1 Å². The Hall–Kier alpha value is -3.85. The van der Waals surface area contributed by atoms with Crippen molar-refractivity contribution in [3.05, 3.63) is 83.4 Å². The van der Waals surface area contributed by atoms with Crippen LogP contribution in [0.3, 0.4) is 0 Å². The second-order valence-electron chi connectivity index (χ2n) is 7.57. The van der Waals surface area contributed by atoms with Gasteiger partial charge in [-0.25, -0.2) is 13.8 Å². The van der Waals surface area contributed by atoms with Gasteiger partial charge in [-0.3, -0.25) is 9.10 Å². The highest BCUT2D eigenvalue weighted by Gasteiger charge is 2.27. The number of ether oxygens (including phenoxy) is 2. The van der Waals surface area contributed by atoms with Gasteiger partial charge >= 0.3 is 0 Å². The van der Waals surface area contributed by atoms with Crippen molar-refractivity contribution in [1.29, 1.82) is 0 Å². The molecule has 0 bridgehead atoms. The molecule has 3 rings (SSSR count). The smallest absolute Gasteiger partial charge is 0.264 e. The van der Waals surface area contributed by atoms with E-state index < -0.39 is 22.5 Å². The second kappa shape index (κ2) is 10.8. The number of benzene rings is 3. The Balaban J connectivity index is 1.87. The Labute approximate surface area is 199 Å². The van der Waals surface area contributed by atoms with E-state index in [0.717, 1.165) is 15.4 Å². The van der Waals surface area contributed by atoms with Crippen LogP contribution in [0.2, 0.25) is 0 Å². The number of hydrazone groups is 1. The van der Waals surface area contributed by atoms with Gasteiger partial charge in [0, 0.05) is 5.56 Å². The van der Waals surface area contributed by atoms with Gasteiger partial charge in [-0.2, -0.15) is 5.10 Å². The lowest BCUT2D eigenvalue weighted by molar-refractivity contribution is -0.119. The molecule has 0 unspecified atom stereocenters. The fourth-order valence-corrected chi connectivity index (χ4v) is 4.83. The Morgan fingerprint density at radius 2 is 1.65 bits per heavy atom. The van der Waals surface area contributed by atoms with E-state index >= 15 is 0 Å². The first-order chi connectivity index (χ1) is 16.2. The Kier molecular flexibility index (Phi) is 7.91. The maximum absolute atomic E-state index is 13.4. The molecule has 178 valence electrons. The molecule has 0 saturated heterocycles. The van der Waals surface area contributed by atoms with Gasteiger partial charge in [0.1, 0.15) is 18.0 Å². The summed E-state index contributed by atoms with van der Waals surface area (Å²) in [5.41, 5.74) is 5.15. The first-order valence-electron chi connectivity index (χ1n) is 10.4. The Morgan fingerprint density at radius 1 is 0.971 bits per heavy atom. The lowest BCUT2D eigenvalue weighted by atomic mass is 10.1. The summed E-state index contributed by atoms with van der Waals surface area (Å²) < 4.78 is 38.4. The molecular weight excluding hydrogens is 454 g/mol. The predicted molar refractivity (Wildman–Crippen MR) is 132 cm³/mol. The molecule has 8 nitrogen and oxygen atoms in total. The highest BCUT2D eigenvalue weighted by molar-refractivity contribution is 7.92. The van der Waals surface area contributed by atoms with Crippen molar-refractivity contribution in [1.82, 2.24) is 5.43 Å². The van der Waals surface area contributed by atoms with Crippen molar-refractivity contribution in [3.63, 3.8) is 0 Å². The fourth-order valence-electron chi connectivity index (χ4n) is 3.41. The molecule has 0 aliphatic carbocycles. The van der Waals surface area contributed by atoms with E-state index in [1.807, 2.05) is 19.9 Å². The van der Waals surface area contributed by atoms with Crippen molar-refractivity contribution in [2.45, 2.75) is 18.7 Å². The first-order valence-corrected chi connectivity index (χ1v) is 11.9. The zero-order valence-electron chi connectivity index (χ0n) is 19.5. The van der Waals surface area contributed by atoms with Crippen LogP contribution in [0.25, 0.3) is 0 Å². The van der Waals surface area contributed by atoms with Crippen molar-refractivity contribution in [3.8, 4) is 11.5 Å². The van der Waals surface area contributed by atoms with E-state index in [1.54, 1.807) is 55.6 Å². The maximum atomic E-state index is 13.4. The van der Waals surface area contributed by atoms with Gasteiger partial charge in [0.25, 0.3) is 15.9 Å². The van der Waals surface area contributed by atoms with Crippen LogP contribution in [-0.2, 0) is 14.8 Å². The Bertz CT molecular complexity index is 1270. The molecule has 0 radical (unpaired) electrons. The average Bonchev–Trinajstić information content (AvgIpc) is 2.82. The van der Waals surface area contributed by atoms with Crippen LogP contribution in [-0.4, -0.2) is 41.3 Å². The van der Waals surface area contributed by atoms with E-state index in [1.165, 1.54) is 25.5 Å². The number of amides is 1. The number of rotatable bonds is 9. The van der Waals surface area contributed by atoms with E-state index in [9.17, 15) is 13.2 Å². The molecule has 0 aliphatic rings. The fraction of sp³-hybridized carbons (Fsp3) is 0.200. The SMILES string of the molecule is COc1ccc(OC)c(/C=N\NC(=O)CN(c2cc(C)cc(C)c2)S(=O)(=O)c2ccccc2)c1. The predicted octanol–water partition coefficient (Wildman–Crippen LogP) is 3.67. The van der Waals surface area contributed by atoms with Crippen LogP contribution >= 0.6 is 0 Å². The normalized spacial score (nSPS) is 11.3. The number of carbonyl (C=O) groups is 1. The van der Waals surface area contributed by atoms with Gasteiger partial charge in [0.05, 0.1) is 31.0 Å². The highest BCUT2D eigenvalue weighted by Crippen LogP contribution is 2.26. The van der Waals surface area contributed by atoms with E-state index in [0.29, 0.717) is 22.7 Å². The summed E-state index contributed by atoms with van der Waals surface area (Å²) in [6, 6.07) is 18.5. The van der Waals surface area contributed by atoms with Crippen LogP contribution in [0.5, 0.6) is 11.5 Å². The molecule has 3 aromatic rings. The quantitative estimate of drug-likeness (QED) is 0.372. The van der Waals surface area contributed by atoms with E-state index in [-0.39, 0.29) is 4.90 Å². The summed E-state index contributed by atoms with van der Waals surface area (Å²) in [5.74, 6) is 0.544. The molecule has 34 heavy (non-hydrogen) atoms. The van der Waals surface area contributed by atoms with Crippen LogP contribution < -0.4 is 19.2 Å². The van der Waals surface area contributed by atoms with Gasteiger partial charge in [0.15, 0.2) is 0 Å². The van der Waals surface area contributed by atoms with Crippen LogP contribution in [0.15, 0.2) is 76.7 Å². The average molecular weight is 482 g/mol. The summed E-state index contributed by atoms with van der Waals surface area (Å²) >= 11 is 0. The van der Waals surface area contributed by atoms with Gasteiger partial charge < -0.3 is 9.47 Å². The largest absolute Gasteiger partial charge is 0.497 e. The van der Waals surface area contributed by atoms with Gasteiger partial charge in [-0.1, -0.05) is 24.3 Å². The number of nitrogens with zero attached hydrogens (tertiary/aromatic N) is 2. The molecular formula is C25H27N3O5S. The molecule has 0 spiro atoms. The van der Waals surface area contributed by atoms with Crippen molar-refractivity contribution < 1.29 is 22.7 Å². The lowest BCUT2D eigenvalue weighted by Crippen LogP contribution is -2.39. The molecule has 0 aliphatic heterocycles. The number of anilines is 1. The third-order valence-electron chi connectivity index (χ3n) is 4.94. The zero-order chi connectivity index (χ0) is 24.7. The number of hydrogen-bond acceptors (Lipinski definition) is 6. The van der Waals surface area contributed by atoms with Crippen LogP contribution in [0.1, 0.15) is 16.7 Å². The summed E-state index contributed by atoms with van der Waals surface area (Å²) in [4.78, 5) is 12.8. The number of nitrogens with one attached hydrogen (secondary N) is 1. The minimum Gasteiger partial charge on any atom is -0.497 e. The summed E-state index contributed by atoms with van der Waals surface area (Å²) in [6.45, 7) is 3.29. The van der Waals surface area contributed by atoms with Crippen LogP contribution in [0, 0.1) is 13.8 Å². The number of methoxy groups -OCH3 is 2.